The van der Waals surface area contributed by atoms with Crippen LogP contribution in [0.15, 0.2) is 18.2 Å². The van der Waals surface area contributed by atoms with E-state index in [0.29, 0.717) is 38.2 Å². The van der Waals surface area contributed by atoms with Crippen LogP contribution in [-0.2, 0) is 11.3 Å². The predicted octanol–water partition coefficient (Wildman–Crippen LogP) is 4.12. The highest BCUT2D eigenvalue weighted by Gasteiger charge is 2.48. The third-order valence-corrected chi connectivity index (χ3v) is 5.55. The van der Waals surface area contributed by atoms with E-state index in [1.807, 2.05) is 4.90 Å². The Morgan fingerprint density at radius 3 is 2.56 bits per heavy atom. The van der Waals surface area contributed by atoms with Gasteiger partial charge in [0, 0.05) is 26.1 Å². The molecule has 3 nitrogen and oxygen atoms in total. The van der Waals surface area contributed by atoms with Crippen LogP contribution in [0.25, 0.3) is 0 Å². The van der Waals surface area contributed by atoms with Crippen molar-refractivity contribution >= 4 is 5.91 Å². The van der Waals surface area contributed by atoms with Crippen LogP contribution in [0.3, 0.4) is 0 Å². The second-order valence-corrected chi connectivity index (χ2v) is 7.60. The van der Waals surface area contributed by atoms with Gasteiger partial charge in [-0.15, -0.1) is 0 Å². The van der Waals surface area contributed by atoms with E-state index < -0.39 is 29.6 Å². The van der Waals surface area contributed by atoms with Gasteiger partial charge in [-0.05, 0) is 56.5 Å². The van der Waals surface area contributed by atoms with E-state index in [4.69, 9.17) is 0 Å². The summed E-state index contributed by atoms with van der Waals surface area (Å²) in [5.41, 5.74) is -0.0333. The van der Waals surface area contributed by atoms with Crippen LogP contribution in [0.5, 0.6) is 0 Å². The number of nitrogens with zero attached hydrogens (tertiary/aromatic N) is 2. The molecule has 0 aliphatic carbocycles. The van der Waals surface area contributed by atoms with Crippen LogP contribution in [0.4, 0.5) is 22.0 Å². The minimum absolute atomic E-state index is 0.0307. The zero-order valence-corrected chi connectivity index (χ0v) is 15.0. The Kier molecular flexibility index (Phi) is 5.74. The van der Waals surface area contributed by atoms with E-state index in [-0.39, 0.29) is 18.9 Å². The monoisotopic (exact) mass is 390 g/mol. The molecule has 1 unspecified atom stereocenters. The van der Waals surface area contributed by atoms with Gasteiger partial charge in [0.2, 0.25) is 5.91 Å². The summed E-state index contributed by atoms with van der Waals surface area (Å²) in [5, 5.41) is 0. The largest absolute Gasteiger partial charge is 0.389 e. The van der Waals surface area contributed by atoms with Crippen molar-refractivity contribution in [3.05, 3.63) is 35.4 Å². The van der Waals surface area contributed by atoms with E-state index >= 15 is 0 Å². The number of alkyl halides is 3. The third-order valence-electron chi connectivity index (χ3n) is 5.55. The van der Waals surface area contributed by atoms with Gasteiger partial charge in [-0.3, -0.25) is 4.79 Å². The van der Waals surface area contributed by atoms with Gasteiger partial charge in [0.1, 0.15) is 0 Å². The molecule has 2 aliphatic heterocycles. The first-order valence-corrected chi connectivity index (χ1v) is 9.21. The highest BCUT2D eigenvalue weighted by Crippen LogP contribution is 2.40. The summed E-state index contributed by atoms with van der Waals surface area (Å²) in [6.07, 6.45) is -2.79. The molecule has 1 amide bonds. The summed E-state index contributed by atoms with van der Waals surface area (Å²) >= 11 is 0. The number of carbonyl (C=O) groups excluding carboxylic acids is 1. The molecule has 27 heavy (non-hydrogen) atoms. The number of amides is 1. The Balaban J connectivity index is 1.60. The van der Waals surface area contributed by atoms with Crippen LogP contribution in [0.1, 0.15) is 37.7 Å². The van der Waals surface area contributed by atoms with Gasteiger partial charge >= 0.3 is 6.18 Å². The molecule has 2 fully saturated rings. The molecule has 3 rings (SSSR count). The lowest BCUT2D eigenvalue weighted by atomic mass is 9.78. The van der Waals surface area contributed by atoms with Crippen molar-refractivity contribution in [2.24, 2.45) is 5.41 Å². The molecule has 0 aromatic heterocycles. The quantitative estimate of drug-likeness (QED) is 0.706. The lowest BCUT2D eigenvalue weighted by molar-refractivity contribution is -0.146. The summed E-state index contributed by atoms with van der Waals surface area (Å²) < 4.78 is 63.5. The fourth-order valence-corrected chi connectivity index (χ4v) is 4.19. The molecule has 2 saturated heterocycles. The van der Waals surface area contributed by atoms with E-state index in [0.717, 1.165) is 25.0 Å². The minimum Gasteiger partial charge on any atom is -0.338 e. The van der Waals surface area contributed by atoms with E-state index in [1.165, 1.54) is 6.07 Å². The van der Waals surface area contributed by atoms with Gasteiger partial charge < -0.3 is 9.80 Å². The van der Waals surface area contributed by atoms with Gasteiger partial charge in [-0.1, -0.05) is 6.07 Å². The molecule has 0 bridgehead atoms. The molecular weight excluding hydrogens is 367 g/mol. The maximum Gasteiger partial charge on any atom is 0.389 e. The van der Waals surface area contributed by atoms with Crippen LogP contribution >= 0.6 is 0 Å². The van der Waals surface area contributed by atoms with Gasteiger partial charge in [0.25, 0.3) is 0 Å². The van der Waals surface area contributed by atoms with Crippen LogP contribution in [0.2, 0.25) is 0 Å². The molecule has 150 valence electrons. The van der Waals surface area contributed by atoms with Crippen LogP contribution in [0, 0.1) is 17.0 Å². The van der Waals surface area contributed by atoms with E-state index in [1.54, 1.807) is 4.90 Å². The van der Waals surface area contributed by atoms with E-state index in [2.05, 4.69) is 0 Å². The van der Waals surface area contributed by atoms with Crippen molar-refractivity contribution in [1.82, 2.24) is 9.80 Å². The highest BCUT2D eigenvalue weighted by molar-refractivity contribution is 5.84. The Morgan fingerprint density at radius 2 is 1.85 bits per heavy atom. The lowest BCUT2D eigenvalue weighted by Gasteiger charge is -2.39. The van der Waals surface area contributed by atoms with Gasteiger partial charge in [0.05, 0.1) is 5.41 Å². The topological polar surface area (TPSA) is 23.6 Å². The van der Waals surface area contributed by atoms with E-state index in [9.17, 15) is 26.7 Å². The number of benzene rings is 1. The molecular formula is C19H23F5N2O. The van der Waals surface area contributed by atoms with Gasteiger partial charge in [0.15, 0.2) is 11.6 Å². The summed E-state index contributed by atoms with van der Waals surface area (Å²) in [6, 6.07) is 3.61. The predicted molar refractivity (Wildman–Crippen MR) is 89.8 cm³/mol. The minimum atomic E-state index is -4.15. The standard InChI is InChI=1S/C19H23F5N2O/c20-15-4-3-14(11-16(15)21)12-26-9-1-5-18(17(26)27)7-10-25(13-18)8-2-6-19(22,23)24/h3-4,11H,1-2,5-10,12-13H2. The van der Waals surface area contributed by atoms with Crippen molar-refractivity contribution in [3.8, 4) is 0 Å². The Morgan fingerprint density at radius 1 is 1.07 bits per heavy atom. The average molecular weight is 390 g/mol. The summed E-state index contributed by atoms with van der Waals surface area (Å²) in [5.74, 6) is -1.90. The fourth-order valence-electron chi connectivity index (χ4n) is 4.19. The first-order chi connectivity index (χ1) is 12.7. The molecule has 2 heterocycles. The smallest absolute Gasteiger partial charge is 0.338 e. The van der Waals surface area contributed by atoms with Crippen LogP contribution in [-0.4, -0.2) is 48.1 Å². The lowest BCUT2D eigenvalue weighted by Crippen LogP contribution is -2.49. The first kappa shape index (κ1) is 20.0. The number of hydrogen-bond acceptors (Lipinski definition) is 2. The van der Waals surface area contributed by atoms with Crippen molar-refractivity contribution in [1.29, 1.82) is 0 Å². The second kappa shape index (κ2) is 7.73. The van der Waals surface area contributed by atoms with Gasteiger partial charge in [-0.25, -0.2) is 8.78 Å². The van der Waals surface area contributed by atoms with Crippen molar-refractivity contribution in [2.45, 2.75) is 44.8 Å². The molecule has 0 radical (unpaired) electrons. The van der Waals surface area contributed by atoms with Crippen molar-refractivity contribution < 1.29 is 26.7 Å². The number of carbonyl (C=O) groups is 1. The van der Waals surface area contributed by atoms with Gasteiger partial charge in [-0.2, -0.15) is 13.2 Å². The number of halogens is 5. The Labute approximate surface area is 155 Å². The molecule has 8 heteroatoms. The number of likely N-dealkylation sites (tertiary alicyclic amines) is 2. The zero-order valence-electron chi connectivity index (χ0n) is 15.0. The Hall–Kier alpha value is -1.70. The normalized spacial score (nSPS) is 24.2. The maximum atomic E-state index is 13.4. The summed E-state index contributed by atoms with van der Waals surface area (Å²) in [6.45, 7) is 2.18. The maximum absolute atomic E-state index is 13.4. The number of piperidine rings is 1. The third kappa shape index (κ3) is 4.78. The summed E-state index contributed by atoms with van der Waals surface area (Å²) in [4.78, 5) is 16.6. The first-order valence-electron chi connectivity index (χ1n) is 9.21. The Bertz CT molecular complexity index is 693. The van der Waals surface area contributed by atoms with Crippen molar-refractivity contribution in [2.75, 3.05) is 26.2 Å². The molecule has 1 aromatic rings. The molecule has 1 aromatic carbocycles. The molecule has 0 N–H and O–H groups in total. The molecule has 1 spiro atoms. The number of rotatable bonds is 5. The SMILES string of the molecule is O=C1N(Cc2ccc(F)c(F)c2)CCCC12CCN(CCCC(F)(F)F)C2. The number of hydrogen-bond donors (Lipinski definition) is 0. The van der Waals surface area contributed by atoms with Crippen LogP contribution < -0.4 is 0 Å². The molecule has 1 atom stereocenters. The molecule has 2 aliphatic rings. The molecule has 0 saturated carbocycles. The average Bonchev–Trinajstić information content (AvgIpc) is 2.98. The fraction of sp³-hybridized carbons (Fsp3) is 0.632. The van der Waals surface area contributed by atoms with Crippen molar-refractivity contribution in [3.63, 3.8) is 0 Å². The summed E-state index contributed by atoms with van der Waals surface area (Å²) in [7, 11) is 0. The second-order valence-electron chi connectivity index (χ2n) is 7.60. The zero-order chi connectivity index (χ0) is 19.7. The highest BCUT2D eigenvalue weighted by atomic mass is 19.4.